The lowest BCUT2D eigenvalue weighted by Crippen LogP contribution is -2.09. The molecule has 2 aromatic heterocycles. The summed E-state index contributed by atoms with van der Waals surface area (Å²) in [6.07, 6.45) is 4.80. The zero-order valence-corrected chi connectivity index (χ0v) is 8.92. The SMILES string of the molecule is O=c1[nH]ccnc1-c1cccc2cccnc12. The maximum absolute atomic E-state index is 11.7. The van der Waals surface area contributed by atoms with Crippen LogP contribution < -0.4 is 5.56 Å². The highest BCUT2D eigenvalue weighted by atomic mass is 16.1. The Morgan fingerprint density at radius 1 is 1.00 bits per heavy atom. The molecular weight excluding hydrogens is 214 g/mol. The molecule has 3 aromatic rings. The van der Waals surface area contributed by atoms with Crippen LogP contribution in [0.4, 0.5) is 0 Å². The van der Waals surface area contributed by atoms with Gasteiger partial charge in [0.15, 0.2) is 0 Å². The minimum atomic E-state index is -0.203. The number of pyridine rings is 1. The summed E-state index contributed by atoms with van der Waals surface area (Å²) in [4.78, 5) is 22.8. The summed E-state index contributed by atoms with van der Waals surface area (Å²) in [5.74, 6) is 0. The number of benzene rings is 1. The molecule has 3 rings (SSSR count). The van der Waals surface area contributed by atoms with Crippen molar-refractivity contribution in [2.75, 3.05) is 0 Å². The van der Waals surface area contributed by atoms with Gasteiger partial charge in [-0.2, -0.15) is 0 Å². The molecule has 0 fully saturated rings. The Bertz CT molecular complexity index is 728. The van der Waals surface area contributed by atoms with Gasteiger partial charge >= 0.3 is 0 Å². The summed E-state index contributed by atoms with van der Waals surface area (Å²) in [5.41, 5.74) is 1.74. The fraction of sp³-hybridized carbons (Fsp3) is 0. The van der Waals surface area contributed by atoms with Gasteiger partial charge in [-0.1, -0.05) is 24.3 Å². The van der Waals surface area contributed by atoms with Crippen LogP contribution in [0.5, 0.6) is 0 Å². The molecule has 1 aromatic carbocycles. The molecule has 0 saturated carbocycles. The van der Waals surface area contributed by atoms with Crippen molar-refractivity contribution in [1.82, 2.24) is 15.0 Å². The monoisotopic (exact) mass is 223 g/mol. The third-order valence-electron chi connectivity index (χ3n) is 2.60. The molecule has 4 heteroatoms. The van der Waals surface area contributed by atoms with Crippen molar-refractivity contribution in [2.24, 2.45) is 0 Å². The number of nitrogens with one attached hydrogen (secondary N) is 1. The van der Waals surface area contributed by atoms with Crippen molar-refractivity contribution in [3.8, 4) is 11.3 Å². The first-order valence-corrected chi connectivity index (χ1v) is 5.24. The van der Waals surface area contributed by atoms with Crippen molar-refractivity contribution in [2.45, 2.75) is 0 Å². The molecule has 0 spiro atoms. The average molecular weight is 223 g/mol. The third kappa shape index (κ3) is 1.59. The Balaban J connectivity index is 2.39. The minimum Gasteiger partial charge on any atom is -0.326 e. The van der Waals surface area contributed by atoms with Gasteiger partial charge in [-0.05, 0) is 6.07 Å². The van der Waals surface area contributed by atoms with Gasteiger partial charge in [0.05, 0.1) is 5.52 Å². The molecular formula is C13H9N3O. The molecule has 17 heavy (non-hydrogen) atoms. The number of aromatic nitrogens is 3. The van der Waals surface area contributed by atoms with Gasteiger partial charge in [0.1, 0.15) is 5.69 Å². The number of nitrogens with zero attached hydrogens (tertiary/aromatic N) is 2. The molecule has 0 radical (unpaired) electrons. The van der Waals surface area contributed by atoms with Crippen LogP contribution in [0.25, 0.3) is 22.2 Å². The normalized spacial score (nSPS) is 10.6. The molecule has 1 N–H and O–H groups in total. The van der Waals surface area contributed by atoms with E-state index < -0.39 is 0 Å². The van der Waals surface area contributed by atoms with Crippen molar-refractivity contribution in [1.29, 1.82) is 0 Å². The summed E-state index contributed by atoms with van der Waals surface area (Å²) >= 11 is 0. The molecule has 0 aliphatic heterocycles. The highest BCUT2D eigenvalue weighted by Crippen LogP contribution is 2.22. The number of hydrogen-bond acceptors (Lipinski definition) is 3. The smallest absolute Gasteiger partial charge is 0.274 e. The summed E-state index contributed by atoms with van der Waals surface area (Å²) in [6, 6.07) is 9.54. The summed E-state index contributed by atoms with van der Waals surface area (Å²) in [5, 5.41) is 0.995. The van der Waals surface area contributed by atoms with Crippen LogP contribution in [0.15, 0.2) is 53.7 Å². The fourth-order valence-electron chi connectivity index (χ4n) is 1.84. The first kappa shape index (κ1) is 9.72. The van der Waals surface area contributed by atoms with Crippen LogP contribution >= 0.6 is 0 Å². The molecule has 4 nitrogen and oxygen atoms in total. The van der Waals surface area contributed by atoms with E-state index in [2.05, 4.69) is 15.0 Å². The maximum Gasteiger partial charge on any atom is 0.274 e. The number of H-pyrrole nitrogens is 1. The molecule has 0 unspecified atom stereocenters. The summed E-state index contributed by atoms with van der Waals surface area (Å²) < 4.78 is 0. The molecule has 0 aliphatic carbocycles. The standard InChI is InChI=1S/C13H9N3O/c17-13-12(15-7-8-16-13)10-5-1-3-9-4-2-6-14-11(9)10/h1-8H,(H,16,17). The average Bonchev–Trinajstić information content (AvgIpc) is 2.39. The third-order valence-corrected chi connectivity index (χ3v) is 2.60. The second kappa shape index (κ2) is 3.83. The fourth-order valence-corrected chi connectivity index (χ4v) is 1.84. The van der Waals surface area contributed by atoms with E-state index >= 15 is 0 Å². The van der Waals surface area contributed by atoms with Gasteiger partial charge in [0.25, 0.3) is 5.56 Å². The molecule has 82 valence electrons. The summed E-state index contributed by atoms with van der Waals surface area (Å²) in [7, 11) is 0. The van der Waals surface area contributed by atoms with E-state index in [0.717, 1.165) is 16.5 Å². The van der Waals surface area contributed by atoms with Gasteiger partial charge < -0.3 is 4.98 Å². The van der Waals surface area contributed by atoms with E-state index in [0.29, 0.717) is 5.69 Å². The number of aromatic amines is 1. The second-order valence-electron chi connectivity index (χ2n) is 3.65. The lowest BCUT2D eigenvalue weighted by Gasteiger charge is -2.03. The number of rotatable bonds is 1. The zero-order valence-electron chi connectivity index (χ0n) is 8.92. The predicted molar refractivity (Wildman–Crippen MR) is 65.6 cm³/mol. The Kier molecular flexibility index (Phi) is 2.19. The van der Waals surface area contributed by atoms with E-state index in [-0.39, 0.29) is 5.56 Å². The first-order valence-electron chi connectivity index (χ1n) is 5.24. The van der Waals surface area contributed by atoms with Gasteiger partial charge in [-0.3, -0.25) is 9.78 Å². The molecule has 0 amide bonds. The van der Waals surface area contributed by atoms with Crippen LogP contribution in [0, 0.1) is 0 Å². The highest BCUT2D eigenvalue weighted by Gasteiger charge is 2.08. The van der Waals surface area contributed by atoms with Crippen LogP contribution in [0.2, 0.25) is 0 Å². The van der Waals surface area contributed by atoms with Crippen molar-refractivity contribution >= 4 is 10.9 Å². The largest absolute Gasteiger partial charge is 0.326 e. The van der Waals surface area contributed by atoms with Gasteiger partial charge in [-0.25, -0.2) is 4.98 Å². The zero-order chi connectivity index (χ0) is 11.7. The molecule has 0 saturated heterocycles. The van der Waals surface area contributed by atoms with E-state index in [9.17, 15) is 4.79 Å². The lowest BCUT2D eigenvalue weighted by atomic mass is 10.1. The van der Waals surface area contributed by atoms with Crippen LogP contribution in [-0.2, 0) is 0 Å². The quantitative estimate of drug-likeness (QED) is 0.686. The van der Waals surface area contributed by atoms with Gasteiger partial charge in [0, 0.05) is 29.5 Å². The van der Waals surface area contributed by atoms with Crippen molar-refractivity contribution in [3.05, 3.63) is 59.3 Å². The van der Waals surface area contributed by atoms with Gasteiger partial charge in [-0.15, -0.1) is 0 Å². The van der Waals surface area contributed by atoms with E-state index in [1.54, 1.807) is 12.4 Å². The van der Waals surface area contributed by atoms with E-state index in [4.69, 9.17) is 0 Å². The minimum absolute atomic E-state index is 0.203. The molecule has 0 bridgehead atoms. The number of para-hydroxylation sites is 1. The second-order valence-corrected chi connectivity index (χ2v) is 3.65. The topological polar surface area (TPSA) is 58.6 Å². The molecule has 0 aliphatic rings. The Morgan fingerprint density at radius 3 is 2.76 bits per heavy atom. The van der Waals surface area contributed by atoms with E-state index in [1.807, 2.05) is 30.3 Å². The van der Waals surface area contributed by atoms with Crippen molar-refractivity contribution < 1.29 is 0 Å². The number of fused-ring (bicyclic) bond motifs is 1. The van der Waals surface area contributed by atoms with Crippen molar-refractivity contribution in [3.63, 3.8) is 0 Å². The predicted octanol–water partition coefficient (Wildman–Crippen LogP) is 1.99. The molecule has 2 heterocycles. The summed E-state index contributed by atoms with van der Waals surface area (Å²) in [6.45, 7) is 0. The van der Waals surface area contributed by atoms with Gasteiger partial charge in [0.2, 0.25) is 0 Å². The van der Waals surface area contributed by atoms with Crippen LogP contribution in [-0.4, -0.2) is 15.0 Å². The molecule has 0 atom stereocenters. The van der Waals surface area contributed by atoms with Crippen LogP contribution in [0.1, 0.15) is 0 Å². The Morgan fingerprint density at radius 2 is 1.88 bits per heavy atom. The lowest BCUT2D eigenvalue weighted by molar-refractivity contribution is 1.15. The van der Waals surface area contributed by atoms with Crippen LogP contribution in [0.3, 0.4) is 0 Å². The Labute approximate surface area is 97.0 Å². The van der Waals surface area contributed by atoms with E-state index in [1.165, 1.54) is 6.20 Å². The number of hydrogen-bond donors (Lipinski definition) is 1. The first-order chi connectivity index (χ1) is 8.36. The Hall–Kier alpha value is -2.49. The highest BCUT2D eigenvalue weighted by molar-refractivity contribution is 5.92. The maximum atomic E-state index is 11.7.